The molecule has 0 saturated carbocycles. The smallest absolute Gasteiger partial charge is 0.228 e. The Bertz CT molecular complexity index is 982. The van der Waals surface area contributed by atoms with Crippen LogP contribution in [0, 0.1) is 5.92 Å². The second-order valence-corrected chi connectivity index (χ2v) is 9.86. The lowest BCUT2D eigenvalue weighted by molar-refractivity contribution is -0.120. The number of amides is 1. The van der Waals surface area contributed by atoms with Gasteiger partial charge in [-0.25, -0.2) is 12.7 Å². The first kappa shape index (κ1) is 21.4. The van der Waals surface area contributed by atoms with Crippen molar-refractivity contribution in [3.8, 4) is 0 Å². The first-order chi connectivity index (χ1) is 13.3. The van der Waals surface area contributed by atoms with Crippen LogP contribution in [0.15, 0.2) is 42.5 Å². The monoisotopic (exact) mass is 460 g/mol. The van der Waals surface area contributed by atoms with Crippen molar-refractivity contribution in [2.75, 3.05) is 18.4 Å². The summed E-state index contributed by atoms with van der Waals surface area (Å²) in [6.45, 7) is 0.527. The molecular weight excluding hydrogens is 443 g/mol. The summed E-state index contributed by atoms with van der Waals surface area (Å²) in [7, 11) is -3.59. The fraction of sp³-hybridized carbons (Fsp3) is 0.316. The van der Waals surface area contributed by atoms with Crippen LogP contribution in [0.2, 0.25) is 15.1 Å². The average molecular weight is 462 g/mol. The number of anilines is 1. The van der Waals surface area contributed by atoms with E-state index in [9.17, 15) is 13.2 Å². The summed E-state index contributed by atoms with van der Waals surface area (Å²) >= 11 is 17.9. The lowest BCUT2D eigenvalue weighted by Gasteiger charge is -2.31. The Kier molecular flexibility index (Phi) is 6.89. The highest BCUT2D eigenvalue weighted by atomic mass is 35.5. The number of carbonyl (C=O) groups excluding carboxylic acids is 1. The molecule has 0 aromatic heterocycles. The van der Waals surface area contributed by atoms with Crippen molar-refractivity contribution in [3.63, 3.8) is 0 Å². The molecule has 1 aliphatic heterocycles. The first-order valence-electron chi connectivity index (χ1n) is 8.73. The van der Waals surface area contributed by atoms with Crippen LogP contribution in [0.25, 0.3) is 0 Å². The van der Waals surface area contributed by atoms with Gasteiger partial charge in [0.25, 0.3) is 0 Å². The molecule has 0 aliphatic carbocycles. The zero-order valence-electron chi connectivity index (χ0n) is 14.9. The molecule has 0 spiro atoms. The molecule has 1 saturated heterocycles. The summed E-state index contributed by atoms with van der Waals surface area (Å²) in [5.41, 5.74) is 1.07. The van der Waals surface area contributed by atoms with Crippen LogP contribution in [-0.4, -0.2) is 31.7 Å². The van der Waals surface area contributed by atoms with Crippen molar-refractivity contribution >= 4 is 56.4 Å². The van der Waals surface area contributed by atoms with E-state index >= 15 is 0 Å². The maximum absolute atomic E-state index is 12.8. The molecule has 2 aromatic carbocycles. The Labute approximate surface area is 179 Å². The largest absolute Gasteiger partial charge is 0.324 e. The van der Waals surface area contributed by atoms with Crippen molar-refractivity contribution < 1.29 is 13.2 Å². The van der Waals surface area contributed by atoms with Gasteiger partial charge in [-0.2, -0.15) is 0 Å². The fourth-order valence-corrected chi connectivity index (χ4v) is 5.24. The van der Waals surface area contributed by atoms with Gasteiger partial charge in [0.1, 0.15) is 0 Å². The lowest BCUT2D eigenvalue weighted by Crippen LogP contribution is -2.44. The minimum absolute atomic E-state index is 0.139. The highest BCUT2D eigenvalue weighted by Gasteiger charge is 2.32. The van der Waals surface area contributed by atoms with E-state index in [1.807, 2.05) is 0 Å². The van der Waals surface area contributed by atoms with Crippen LogP contribution in [0.4, 0.5) is 5.69 Å². The molecule has 9 heteroatoms. The van der Waals surface area contributed by atoms with E-state index in [1.165, 1.54) is 4.31 Å². The van der Waals surface area contributed by atoms with E-state index in [-0.39, 0.29) is 18.2 Å². The minimum atomic E-state index is -3.59. The number of para-hydroxylation sites is 1. The lowest BCUT2D eigenvalue weighted by atomic mass is 9.99. The first-order valence-corrected chi connectivity index (χ1v) is 11.5. The maximum Gasteiger partial charge on any atom is 0.228 e. The second kappa shape index (κ2) is 9.01. The van der Waals surface area contributed by atoms with Crippen molar-refractivity contribution in [2.24, 2.45) is 5.92 Å². The van der Waals surface area contributed by atoms with E-state index in [1.54, 1.807) is 42.5 Å². The SMILES string of the molecule is O=C(Nc1ccccc1Cl)[C@H]1CCCN(S(=O)(=O)Cc2ccc(Cl)c(Cl)c2)C1. The van der Waals surface area contributed by atoms with Gasteiger partial charge in [-0.15, -0.1) is 0 Å². The third kappa shape index (κ3) is 5.19. The molecule has 1 heterocycles. The number of rotatable bonds is 5. The fourth-order valence-electron chi connectivity index (χ4n) is 3.14. The van der Waals surface area contributed by atoms with Gasteiger partial charge >= 0.3 is 0 Å². The standard InChI is InChI=1S/C19H19Cl3N2O3S/c20-15-8-7-13(10-17(15)22)12-28(26,27)24-9-3-4-14(11-24)19(25)23-18-6-2-1-5-16(18)21/h1-2,5-8,10,14H,3-4,9,11-12H2,(H,23,25)/t14-/m0/s1. The number of nitrogens with zero attached hydrogens (tertiary/aromatic N) is 1. The van der Waals surface area contributed by atoms with Crippen LogP contribution < -0.4 is 5.32 Å². The van der Waals surface area contributed by atoms with Gasteiger partial charge in [0, 0.05) is 13.1 Å². The van der Waals surface area contributed by atoms with Crippen molar-refractivity contribution in [3.05, 3.63) is 63.1 Å². The van der Waals surface area contributed by atoms with Gasteiger partial charge in [-0.1, -0.05) is 53.0 Å². The van der Waals surface area contributed by atoms with Gasteiger partial charge in [0.2, 0.25) is 15.9 Å². The highest BCUT2D eigenvalue weighted by molar-refractivity contribution is 7.88. The van der Waals surface area contributed by atoms with E-state index in [4.69, 9.17) is 34.8 Å². The number of hydrogen-bond donors (Lipinski definition) is 1. The molecule has 0 bridgehead atoms. The summed E-state index contributed by atoms with van der Waals surface area (Å²) in [4.78, 5) is 12.6. The summed E-state index contributed by atoms with van der Waals surface area (Å²) < 4.78 is 27.0. The number of hydrogen-bond acceptors (Lipinski definition) is 3. The number of benzene rings is 2. The summed E-state index contributed by atoms with van der Waals surface area (Å²) in [6, 6.07) is 11.7. The van der Waals surface area contributed by atoms with Gasteiger partial charge in [0.15, 0.2) is 0 Å². The molecule has 1 fully saturated rings. The third-order valence-corrected chi connectivity index (χ3v) is 7.50. The van der Waals surface area contributed by atoms with E-state index in [0.29, 0.717) is 45.7 Å². The Balaban J connectivity index is 1.68. The molecule has 1 aliphatic rings. The molecule has 1 amide bonds. The number of piperidine rings is 1. The molecule has 1 N–H and O–H groups in total. The van der Waals surface area contributed by atoms with Crippen molar-refractivity contribution in [2.45, 2.75) is 18.6 Å². The zero-order chi connectivity index (χ0) is 20.3. The Morgan fingerprint density at radius 2 is 1.82 bits per heavy atom. The topological polar surface area (TPSA) is 66.5 Å². The van der Waals surface area contributed by atoms with E-state index < -0.39 is 15.9 Å². The molecule has 1 atom stereocenters. The number of sulfonamides is 1. The third-order valence-electron chi connectivity index (χ3n) is 4.61. The number of nitrogens with one attached hydrogen (secondary N) is 1. The normalized spacial score (nSPS) is 18.0. The van der Waals surface area contributed by atoms with Gasteiger partial charge < -0.3 is 5.32 Å². The summed E-state index contributed by atoms with van der Waals surface area (Å²) in [5, 5.41) is 3.91. The van der Waals surface area contributed by atoms with Crippen molar-refractivity contribution in [1.29, 1.82) is 0 Å². The molecular formula is C19H19Cl3N2O3S. The van der Waals surface area contributed by atoms with Crippen LogP contribution in [0.3, 0.4) is 0 Å². The van der Waals surface area contributed by atoms with Crippen LogP contribution >= 0.6 is 34.8 Å². The van der Waals surface area contributed by atoms with Crippen LogP contribution in [-0.2, 0) is 20.6 Å². The van der Waals surface area contributed by atoms with Gasteiger partial charge in [0.05, 0.1) is 32.4 Å². The molecule has 3 rings (SSSR count). The van der Waals surface area contributed by atoms with Crippen LogP contribution in [0.1, 0.15) is 18.4 Å². The quantitative estimate of drug-likeness (QED) is 0.693. The Hall–Kier alpha value is -1.31. The molecule has 0 unspecified atom stereocenters. The molecule has 0 radical (unpaired) electrons. The number of carbonyl (C=O) groups is 1. The molecule has 5 nitrogen and oxygen atoms in total. The van der Waals surface area contributed by atoms with Gasteiger partial charge in [-0.3, -0.25) is 4.79 Å². The average Bonchev–Trinajstić information content (AvgIpc) is 2.66. The predicted octanol–water partition coefficient (Wildman–Crippen LogP) is 4.83. The summed E-state index contributed by atoms with van der Waals surface area (Å²) in [6.07, 6.45) is 1.23. The van der Waals surface area contributed by atoms with E-state index in [0.717, 1.165) is 0 Å². The van der Waals surface area contributed by atoms with Crippen LogP contribution in [0.5, 0.6) is 0 Å². The van der Waals surface area contributed by atoms with Crippen molar-refractivity contribution in [1.82, 2.24) is 4.31 Å². The predicted molar refractivity (Wildman–Crippen MR) is 113 cm³/mol. The Morgan fingerprint density at radius 1 is 1.07 bits per heavy atom. The maximum atomic E-state index is 12.8. The zero-order valence-corrected chi connectivity index (χ0v) is 18.0. The van der Waals surface area contributed by atoms with E-state index in [2.05, 4.69) is 5.32 Å². The molecule has 28 heavy (non-hydrogen) atoms. The second-order valence-electron chi connectivity index (χ2n) is 6.67. The molecule has 2 aromatic rings. The Morgan fingerprint density at radius 3 is 2.54 bits per heavy atom. The van der Waals surface area contributed by atoms with Gasteiger partial charge in [-0.05, 0) is 42.7 Å². The molecule has 150 valence electrons. The number of halogens is 3. The highest BCUT2D eigenvalue weighted by Crippen LogP contribution is 2.27. The minimum Gasteiger partial charge on any atom is -0.324 e. The summed E-state index contributed by atoms with van der Waals surface area (Å²) in [5.74, 6) is -0.862.